The summed E-state index contributed by atoms with van der Waals surface area (Å²) in [7, 11) is 0. The Morgan fingerprint density at radius 3 is 2.26 bits per heavy atom. The molecule has 0 radical (unpaired) electrons. The molecule has 2 nitrogen and oxygen atoms in total. The van der Waals surface area contributed by atoms with Crippen molar-refractivity contribution in [1.29, 1.82) is 0 Å². The molecule has 4 rings (SSSR count). The number of benzene rings is 2. The topological polar surface area (TPSA) is 17.8 Å². The van der Waals surface area contributed by atoms with Crippen LogP contribution in [0.5, 0.6) is 0 Å². The Morgan fingerprint density at radius 2 is 1.52 bits per heavy atom. The first-order valence-electron chi connectivity index (χ1n) is 8.01. The van der Waals surface area contributed by atoms with Gasteiger partial charge in [-0.3, -0.25) is 4.98 Å². The van der Waals surface area contributed by atoms with Crippen LogP contribution in [0.2, 0.25) is 0 Å². The average molecular weight is 300 g/mol. The number of fused-ring (bicyclic) bond motifs is 3. The van der Waals surface area contributed by atoms with Crippen molar-refractivity contribution in [3.05, 3.63) is 66.9 Å². The molecule has 2 heterocycles. The SMILES string of the molecule is CC(C)(C)n1c2ccccc2c2ccc(-c3ccccn3)cc21. The Balaban J connectivity index is 2.10. The lowest BCUT2D eigenvalue weighted by Crippen LogP contribution is -2.21. The summed E-state index contributed by atoms with van der Waals surface area (Å²) >= 11 is 0. The summed E-state index contributed by atoms with van der Waals surface area (Å²) in [6.45, 7) is 6.77. The first kappa shape index (κ1) is 14.0. The first-order chi connectivity index (χ1) is 11.1. The fraction of sp³-hybridized carbons (Fsp3) is 0.190. The summed E-state index contributed by atoms with van der Waals surface area (Å²) in [6.07, 6.45) is 1.85. The van der Waals surface area contributed by atoms with E-state index in [1.54, 1.807) is 0 Å². The standard InChI is InChI=1S/C21H20N2/c1-21(2,3)23-19-10-5-4-8-16(19)17-12-11-15(14-20(17)23)18-9-6-7-13-22-18/h4-14H,1-3H3. The molecule has 0 N–H and O–H groups in total. The Morgan fingerprint density at radius 1 is 0.783 bits per heavy atom. The van der Waals surface area contributed by atoms with Gasteiger partial charge in [0.15, 0.2) is 0 Å². The van der Waals surface area contributed by atoms with Gasteiger partial charge in [-0.05, 0) is 45.0 Å². The number of rotatable bonds is 1. The van der Waals surface area contributed by atoms with Crippen LogP contribution < -0.4 is 0 Å². The summed E-state index contributed by atoms with van der Waals surface area (Å²) in [5, 5.41) is 2.61. The van der Waals surface area contributed by atoms with E-state index >= 15 is 0 Å². The predicted octanol–water partition coefficient (Wildman–Crippen LogP) is 5.61. The second-order valence-electron chi connectivity index (χ2n) is 6.97. The maximum Gasteiger partial charge on any atom is 0.0702 e. The lowest BCUT2D eigenvalue weighted by molar-refractivity contribution is 0.423. The molecule has 2 aromatic carbocycles. The second-order valence-corrected chi connectivity index (χ2v) is 6.97. The molecule has 2 aromatic heterocycles. The van der Waals surface area contributed by atoms with Crippen molar-refractivity contribution in [2.45, 2.75) is 26.3 Å². The van der Waals surface area contributed by atoms with Crippen LogP contribution in [0.15, 0.2) is 66.9 Å². The maximum atomic E-state index is 4.49. The zero-order valence-corrected chi connectivity index (χ0v) is 13.7. The maximum absolute atomic E-state index is 4.49. The molecule has 2 heteroatoms. The summed E-state index contributed by atoms with van der Waals surface area (Å²) in [5.41, 5.74) is 4.74. The molecular formula is C21H20N2. The minimum Gasteiger partial charge on any atom is -0.335 e. The highest BCUT2D eigenvalue weighted by molar-refractivity contribution is 6.09. The molecule has 0 fully saturated rings. The quantitative estimate of drug-likeness (QED) is 0.446. The second kappa shape index (κ2) is 4.95. The first-order valence-corrected chi connectivity index (χ1v) is 8.01. The van der Waals surface area contributed by atoms with E-state index in [-0.39, 0.29) is 5.54 Å². The van der Waals surface area contributed by atoms with Gasteiger partial charge in [0, 0.05) is 33.6 Å². The van der Waals surface area contributed by atoms with Crippen LogP contribution in [0.1, 0.15) is 20.8 Å². The van der Waals surface area contributed by atoms with Gasteiger partial charge in [-0.1, -0.05) is 36.4 Å². The Labute approximate surface area is 136 Å². The predicted molar refractivity (Wildman–Crippen MR) is 97.7 cm³/mol. The largest absolute Gasteiger partial charge is 0.335 e. The van der Waals surface area contributed by atoms with Crippen molar-refractivity contribution in [2.75, 3.05) is 0 Å². The molecule has 0 bridgehead atoms. The molecule has 0 saturated carbocycles. The van der Waals surface area contributed by atoms with Crippen molar-refractivity contribution in [2.24, 2.45) is 0 Å². The fourth-order valence-corrected chi connectivity index (χ4v) is 3.39. The van der Waals surface area contributed by atoms with E-state index in [2.05, 4.69) is 78.9 Å². The zero-order valence-electron chi connectivity index (χ0n) is 13.7. The normalized spacial score (nSPS) is 12.1. The number of hydrogen-bond acceptors (Lipinski definition) is 1. The summed E-state index contributed by atoms with van der Waals surface area (Å²) in [6, 6.07) is 21.4. The van der Waals surface area contributed by atoms with E-state index in [9.17, 15) is 0 Å². The molecule has 114 valence electrons. The Kier molecular flexibility index (Phi) is 3.02. The highest BCUT2D eigenvalue weighted by Gasteiger charge is 2.20. The van der Waals surface area contributed by atoms with Crippen molar-refractivity contribution < 1.29 is 0 Å². The van der Waals surface area contributed by atoms with E-state index in [0.29, 0.717) is 0 Å². The average Bonchev–Trinajstić information content (AvgIpc) is 2.89. The van der Waals surface area contributed by atoms with Crippen LogP contribution in [0.3, 0.4) is 0 Å². The van der Waals surface area contributed by atoms with Gasteiger partial charge in [-0.15, -0.1) is 0 Å². The van der Waals surface area contributed by atoms with E-state index in [4.69, 9.17) is 0 Å². The van der Waals surface area contributed by atoms with E-state index in [1.807, 2.05) is 18.3 Å². The van der Waals surface area contributed by atoms with Crippen LogP contribution in [0, 0.1) is 0 Å². The number of aromatic nitrogens is 2. The zero-order chi connectivity index (χ0) is 16.0. The van der Waals surface area contributed by atoms with Crippen LogP contribution in [0.25, 0.3) is 33.1 Å². The van der Waals surface area contributed by atoms with E-state index in [0.717, 1.165) is 11.3 Å². The van der Waals surface area contributed by atoms with Gasteiger partial charge in [0.1, 0.15) is 0 Å². The molecule has 0 aliphatic carbocycles. The van der Waals surface area contributed by atoms with Crippen molar-refractivity contribution in [3.63, 3.8) is 0 Å². The van der Waals surface area contributed by atoms with Gasteiger partial charge >= 0.3 is 0 Å². The van der Waals surface area contributed by atoms with Crippen molar-refractivity contribution >= 4 is 21.8 Å². The highest BCUT2D eigenvalue weighted by Crippen LogP contribution is 2.35. The number of pyridine rings is 1. The van der Waals surface area contributed by atoms with Gasteiger partial charge in [-0.25, -0.2) is 0 Å². The number of hydrogen-bond donors (Lipinski definition) is 0. The van der Waals surface area contributed by atoms with Gasteiger partial charge in [0.2, 0.25) is 0 Å². The molecule has 0 aliphatic rings. The summed E-state index contributed by atoms with van der Waals surface area (Å²) < 4.78 is 2.43. The lowest BCUT2D eigenvalue weighted by Gasteiger charge is -2.24. The minimum absolute atomic E-state index is 0.0179. The summed E-state index contributed by atoms with van der Waals surface area (Å²) in [5.74, 6) is 0. The molecular weight excluding hydrogens is 280 g/mol. The number of para-hydroxylation sites is 1. The molecule has 23 heavy (non-hydrogen) atoms. The molecule has 4 aromatic rings. The number of nitrogens with zero attached hydrogens (tertiary/aromatic N) is 2. The van der Waals surface area contributed by atoms with Crippen LogP contribution >= 0.6 is 0 Å². The Hall–Kier alpha value is -2.61. The monoisotopic (exact) mass is 300 g/mol. The molecule has 0 spiro atoms. The smallest absolute Gasteiger partial charge is 0.0702 e. The minimum atomic E-state index is 0.0179. The molecule has 0 amide bonds. The van der Waals surface area contributed by atoms with Crippen LogP contribution in [0.4, 0.5) is 0 Å². The summed E-state index contributed by atoms with van der Waals surface area (Å²) in [4.78, 5) is 4.49. The molecule has 0 saturated heterocycles. The van der Waals surface area contributed by atoms with Gasteiger partial charge in [-0.2, -0.15) is 0 Å². The third kappa shape index (κ3) is 2.22. The molecule has 0 atom stereocenters. The third-order valence-corrected chi connectivity index (χ3v) is 4.31. The fourth-order valence-electron chi connectivity index (χ4n) is 3.39. The van der Waals surface area contributed by atoms with Gasteiger partial charge in [0.25, 0.3) is 0 Å². The third-order valence-electron chi connectivity index (χ3n) is 4.31. The van der Waals surface area contributed by atoms with Crippen molar-refractivity contribution in [1.82, 2.24) is 9.55 Å². The van der Waals surface area contributed by atoms with Crippen LogP contribution in [-0.2, 0) is 5.54 Å². The molecule has 0 unspecified atom stereocenters. The molecule has 0 aliphatic heterocycles. The Bertz CT molecular complexity index is 989. The lowest BCUT2D eigenvalue weighted by atomic mass is 10.1. The van der Waals surface area contributed by atoms with Gasteiger partial charge in [0.05, 0.1) is 11.2 Å². The highest BCUT2D eigenvalue weighted by atomic mass is 15.0. The van der Waals surface area contributed by atoms with E-state index in [1.165, 1.54) is 21.8 Å². The van der Waals surface area contributed by atoms with Crippen molar-refractivity contribution in [3.8, 4) is 11.3 Å². The van der Waals surface area contributed by atoms with Crippen LogP contribution in [-0.4, -0.2) is 9.55 Å². The van der Waals surface area contributed by atoms with Gasteiger partial charge < -0.3 is 4.57 Å². The van der Waals surface area contributed by atoms with E-state index < -0.39 is 0 Å².